The zero-order chi connectivity index (χ0) is 14.2. The number of nitrogens with one attached hydrogen (secondary N) is 1. The van der Waals surface area contributed by atoms with Crippen molar-refractivity contribution in [3.05, 3.63) is 59.7 Å². The molecular formula is C19H22N2. The number of likely N-dealkylation sites (N-methyl/N-ethyl adjacent to an activating group) is 1. The lowest BCUT2D eigenvalue weighted by Crippen LogP contribution is -2.37. The molecule has 1 unspecified atom stereocenters. The van der Waals surface area contributed by atoms with Gasteiger partial charge in [0.2, 0.25) is 0 Å². The molecule has 2 aromatic carbocycles. The summed E-state index contributed by atoms with van der Waals surface area (Å²) in [6.45, 7) is 2.30. The van der Waals surface area contributed by atoms with Crippen LogP contribution in [-0.2, 0) is 0 Å². The second-order valence-corrected chi connectivity index (χ2v) is 6.31. The minimum absolute atomic E-state index is 0.403. The van der Waals surface area contributed by atoms with E-state index in [9.17, 15) is 0 Å². The Hall–Kier alpha value is -1.64. The van der Waals surface area contributed by atoms with Gasteiger partial charge in [-0.1, -0.05) is 48.5 Å². The maximum absolute atomic E-state index is 3.62. The van der Waals surface area contributed by atoms with Crippen molar-refractivity contribution in [3.8, 4) is 11.1 Å². The maximum atomic E-state index is 3.62. The molecule has 0 radical (unpaired) electrons. The molecule has 0 aromatic heterocycles. The molecule has 2 aromatic rings. The zero-order valence-corrected chi connectivity index (χ0v) is 12.5. The van der Waals surface area contributed by atoms with Gasteiger partial charge in [0.05, 0.1) is 6.04 Å². The van der Waals surface area contributed by atoms with Gasteiger partial charge in [-0.2, -0.15) is 0 Å². The minimum Gasteiger partial charge on any atom is -0.313 e. The molecule has 0 amide bonds. The Morgan fingerprint density at radius 3 is 2.19 bits per heavy atom. The Morgan fingerprint density at radius 2 is 1.62 bits per heavy atom. The molecule has 0 spiro atoms. The van der Waals surface area contributed by atoms with Gasteiger partial charge in [-0.15, -0.1) is 0 Å². The fourth-order valence-electron chi connectivity index (χ4n) is 3.97. The van der Waals surface area contributed by atoms with Crippen LogP contribution in [0.4, 0.5) is 0 Å². The molecule has 1 fully saturated rings. The fraction of sp³-hybridized carbons (Fsp3) is 0.368. The van der Waals surface area contributed by atoms with Crippen LogP contribution in [0, 0.1) is 0 Å². The highest BCUT2D eigenvalue weighted by molar-refractivity contribution is 5.78. The van der Waals surface area contributed by atoms with Gasteiger partial charge in [0.1, 0.15) is 0 Å². The SMILES string of the molecule is CN(CC1CCCN1)C1c2ccccc2-c2ccccc21. The van der Waals surface area contributed by atoms with Gasteiger partial charge in [0.15, 0.2) is 0 Å². The highest BCUT2D eigenvalue weighted by Gasteiger charge is 2.32. The summed E-state index contributed by atoms with van der Waals surface area (Å²) in [4.78, 5) is 2.52. The van der Waals surface area contributed by atoms with Crippen LogP contribution in [0.25, 0.3) is 11.1 Å². The average molecular weight is 278 g/mol. The summed E-state index contributed by atoms with van der Waals surface area (Å²) < 4.78 is 0. The topological polar surface area (TPSA) is 15.3 Å². The quantitative estimate of drug-likeness (QED) is 0.925. The lowest BCUT2D eigenvalue weighted by atomic mass is 10.0. The summed E-state index contributed by atoms with van der Waals surface area (Å²) in [6.07, 6.45) is 2.62. The van der Waals surface area contributed by atoms with Crippen molar-refractivity contribution in [2.45, 2.75) is 24.9 Å². The van der Waals surface area contributed by atoms with Crippen molar-refractivity contribution in [2.75, 3.05) is 20.1 Å². The van der Waals surface area contributed by atoms with Gasteiger partial charge in [-0.05, 0) is 48.7 Å². The first kappa shape index (κ1) is 13.1. The predicted octanol–water partition coefficient (Wildman–Crippen LogP) is 3.44. The maximum Gasteiger partial charge on any atom is 0.0612 e. The molecule has 1 atom stereocenters. The number of nitrogens with zero attached hydrogens (tertiary/aromatic N) is 1. The smallest absolute Gasteiger partial charge is 0.0612 e. The first-order valence-corrected chi connectivity index (χ1v) is 7.96. The fourth-order valence-corrected chi connectivity index (χ4v) is 3.97. The average Bonchev–Trinajstić information content (AvgIpc) is 3.12. The van der Waals surface area contributed by atoms with Gasteiger partial charge in [-0.3, -0.25) is 4.90 Å². The Balaban J connectivity index is 1.70. The van der Waals surface area contributed by atoms with E-state index in [0.29, 0.717) is 12.1 Å². The second-order valence-electron chi connectivity index (χ2n) is 6.31. The number of benzene rings is 2. The molecular weight excluding hydrogens is 256 g/mol. The van der Waals surface area contributed by atoms with Gasteiger partial charge < -0.3 is 5.32 Å². The van der Waals surface area contributed by atoms with E-state index in [1.165, 1.54) is 41.6 Å². The summed E-state index contributed by atoms with van der Waals surface area (Å²) in [5, 5.41) is 3.62. The zero-order valence-electron chi connectivity index (χ0n) is 12.5. The van der Waals surface area contributed by atoms with Crippen LogP contribution in [0.15, 0.2) is 48.5 Å². The molecule has 2 heteroatoms. The third-order valence-electron chi connectivity index (χ3n) is 4.91. The molecule has 2 nitrogen and oxygen atoms in total. The highest BCUT2D eigenvalue weighted by atomic mass is 15.2. The molecule has 1 N–H and O–H groups in total. The van der Waals surface area contributed by atoms with E-state index in [2.05, 4.69) is 65.8 Å². The van der Waals surface area contributed by atoms with E-state index < -0.39 is 0 Å². The Bertz CT molecular complexity index is 598. The molecule has 4 rings (SSSR count). The van der Waals surface area contributed by atoms with E-state index >= 15 is 0 Å². The van der Waals surface area contributed by atoms with Crippen LogP contribution >= 0.6 is 0 Å². The molecule has 1 aliphatic heterocycles. The monoisotopic (exact) mass is 278 g/mol. The van der Waals surface area contributed by atoms with Crippen LogP contribution in [0.5, 0.6) is 0 Å². The predicted molar refractivity (Wildman–Crippen MR) is 87.4 cm³/mol. The lowest BCUT2D eigenvalue weighted by molar-refractivity contribution is 0.256. The van der Waals surface area contributed by atoms with Crippen LogP contribution in [0.3, 0.4) is 0 Å². The van der Waals surface area contributed by atoms with Crippen molar-refractivity contribution in [1.29, 1.82) is 0 Å². The van der Waals surface area contributed by atoms with Crippen LogP contribution < -0.4 is 5.32 Å². The van der Waals surface area contributed by atoms with Crippen LogP contribution in [0.1, 0.15) is 30.0 Å². The van der Waals surface area contributed by atoms with E-state index in [1.54, 1.807) is 0 Å². The molecule has 108 valence electrons. The largest absolute Gasteiger partial charge is 0.313 e. The Labute approximate surface area is 126 Å². The van der Waals surface area contributed by atoms with E-state index in [-0.39, 0.29) is 0 Å². The van der Waals surface area contributed by atoms with Crippen molar-refractivity contribution < 1.29 is 0 Å². The van der Waals surface area contributed by atoms with Gasteiger partial charge in [-0.25, -0.2) is 0 Å². The summed E-state index contributed by atoms with van der Waals surface area (Å²) in [5.74, 6) is 0. The normalized spacial score (nSPS) is 20.8. The standard InChI is InChI=1S/C19H22N2/c1-21(13-14-7-6-12-20-14)19-17-10-4-2-8-15(17)16-9-3-5-11-18(16)19/h2-5,8-11,14,19-20H,6-7,12-13H2,1H3. The van der Waals surface area contributed by atoms with Gasteiger partial charge in [0, 0.05) is 12.6 Å². The van der Waals surface area contributed by atoms with Crippen molar-refractivity contribution in [2.24, 2.45) is 0 Å². The highest BCUT2D eigenvalue weighted by Crippen LogP contribution is 2.45. The molecule has 0 bridgehead atoms. The van der Waals surface area contributed by atoms with Crippen molar-refractivity contribution >= 4 is 0 Å². The number of rotatable bonds is 3. The Morgan fingerprint density at radius 1 is 1.00 bits per heavy atom. The lowest BCUT2D eigenvalue weighted by Gasteiger charge is -2.29. The van der Waals surface area contributed by atoms with Gasteiger partial charge >= 0.3 is 0 Å². The van der Waals surface area contributed by atoms with Gasteiger partial charge in [0.25, 0.3) is 0 Å². The molecule has 1 saturated heterocycles. The third-order valence-corrected chi connectivity index (χ3v) is 4.91. The summed E-state index contributed by atoms with van der Waals surface area (Å²) in [6, 6.07) is 18.8. The number of hydrogen-bond acceptors (Lipinski definition) is 2. The number of hydrogen-bond donors (Lipinski definition) is 1. The van der Waals surface area contributed by atoms with Crippen molar-refractivity contribution in [1.82, 2.24) is 10.2 Å². The van der Waals surface area contributed by atoms with Crippen LogP contribution in [0.2, 0.25) is 0 Å². The second kappa shape index (κ2) is 5.28. The molecule has 2 aliphatic rings. The molecule has 1 heterocycles. The molecule has 0 saturated carbocycles. The summed E-state index contributed by atoms with van der Waals surface area (Å²) >= 11 is 0. The molecule has 21 heavy (non-hydrogen) atoms. The van der Waals surface area contributed by atoms with E-state index in [4.69, 9.17) is 0 Å². The third kappa shape index (κ3) is 2.19. The van der Waals surface area contributed by atoms with Crippen LogP contribution in [-0.4, -0.2) is 31.1 Å². The summed E-state index contributed by atoms with van der Waals surface area (Å²) in [5.41, 5.74) is 5.73. The first-order chi connectivity index (χ1) is 10.3. The van der Waals surface area contributed by atoms with E-state index in [1.807, 2.05) is 0 Å². The minimum atomic E-state index is 0.403. The van der Waals surface area contributed by atoms with E-state index in [0.717, 1.165) is 6.54 Å². The summed E-state index contributed by atoms with van der Waals surface area (Å²) in [7, 11) is 2.27. The Kier molecular flexibility index (Phi) is 3.28. The van der Waals surface area contributed by atoms with Crippen molar-refractivity contribution in [3.63, 3.8) is 0 Å². The first-order valence-electron chi connectivity index (χ1n) is 7.96. The number of fused-ring (bicyclic) bond motifs is 3. The molecule has 1 aliphatic carbocycles.